The van der Waals surface area contributed by atoms with Crippen molar-refractivity contribution in [2.45, 2.75) is 38.9 Å². The Morgan fingerprint density at radius 3 is 2.86 bits per heavy atom. The van der Waals surface area contributed by atoms with E-state index in [0.717, 1.165) is 42.0 Å². The maximum absolute atomic E-state index is 12.7. The number of carbonyl (C=O) groups is 1. The first-order valence-electron chi connectivity index (χ1n) is 10.1. The van der Waals surface area contributed by atoms with Gasteiger partial charge in [0, 0.05) is 24.5 Å². The SMILES string of the molecule is Cc1cccc(C(=O)N2CC3(C2)OCCC3CCOCc2cccc(C)n2)c1. The molecule has 148 valence electrons. The van der Waals surface area contributed by atoms with Gasteiger partial charge in [0.15, 0.2) is 0 Å². The molecule has 5 nitrogen and oxygen atoms in total. The number of likely N-dealkylation sites (tertiary alicyclic amines) is 1. The van der Waals surface area contributed by atoms with Crippen molar-refractivity contribution in [1.82, 2.24) is 9.88 Å². The van der Waals surface area contributed by atoms with E-state index >= 15 is 0 Å². The Bertz CT molecular complexity index is 845. The van der Waals surface area contributed by atoms with Gasteiger partial charge in [0.2, 0.25) is 0 Å². The number of hydrogen-bond donors (Lipinski definition) is 0. The van der Waals surface area contributed by atoms with Crippen LogP contribution in [0, 0.1) is 19.8 Å². The fraction of sp³-hybridized carbons (Fsp3) is 0.478. The van der Waals surface area contributed by atoms with Crippen LogP contribution in [-0.2, 0) is 16.1 Å². The zero-order chi connectivity index (χ0) is 19.6. The first kappa shape index (κ1) is 19.1. The summed E-state index contributed by atoms with van der Waals surface area (Å²) in [6.07, 6.45) is 2.00. The molecule has 1 aromatic carbocycles. The molecule has 3 heterocycles. The maximum atomic E-state index is 12.7. The lowest BCUT2D eigenvalue weighted by Gasteiger charge is -2.50. The average molecular weight is 380 g/mol. The topological polar surface area (TPSA) is 51.7 Å². The van der Waals surface area contributed by atoms with Crippen molar-refractivity contribution in [3.8, 4) is 0 Å². The Morgan fingerprint density at radius 1 is 1.25 bits per heavy atom. The number of benzene rings is 1. The third-order valence-electron chi connectivity index (χ3n) is 5.88. The van der Waals surface area contributed by atoms with Crippen LogP contribution in [0.1, 0.15) is 40.2 Å². The number of aromatic nitrogens is 1. The van der Waals surface area contributed by atoms with Crippen molar-refractivity contribution in [1.29, 1.82) is 0 Å². The van der Waals surface area contributed by atoms with Gasteiger partial charge < -0.3 is 14.4 Å². The quantitative estimate of drug-likeness (QED) is 0.720. The molecule has 5 heteroatoms. The lowest BCUT2D eigenvalue weighted by atomic mass is 9.79. The summed E-state index contributed by atoms with van der Waals surface area (Å²) < 4.78 is 12.0. The minimum Gasteiger partial charge on any atom is -0.375 e. The molecule has 0 N–H and O–H groups in total. The van der Waals surface area contributed by atoms with Gasteiger partial charge in [-0.15, -0.1) is 0 Å². The molecule has 1 amide bonds. The molecule has 0 radical (unpaired) electrons. The number of carbonyl (C=O) groups excluding carboxylic acids is 1. The van der Waals surface area contributed by atoms with E-state index in [1.807, 2.05) is 61.2 Å². The summed E-state index contributed by atoms with van der Waals surface area (Å²) in [6.45, 7) is 7.38. The molecule has 2 aromatic rings. The van der Waals surface area contributed by atoms with Crippen LogP contribution in [0.25, 0.3) is 0 Å². The Kier molecular flexibility index (Phi) is 5.47. The van der Waals surface area contributed by atoms with E-state index in [0.29, 0.717) is 32.2 Å². The monoisotopic (exact) mass is 380 g/mol. The molecule has 2 aliphatic heterocycles. The number of aryl methyl sites for hydroxylation is 2. The highest BCUT2D eigenvalue weighted by Gasteiger charge is 2.54. The second kappa shape index (κ2) is 8.02. The molecule has 2 fully saturated rings. The molecule has 1 spiro atoms. The summed E-state index contributed by atoms with van der Waals surface area (Å²) >= 11 is 0. The lowest BCUT2D eigenvalue weighted by molar-refractivity contribution is -0.120. The Balaban J connectivity index is 1.27. The molecule has 1 unspecified atom stereocenters. The van der Waals surface area contributed by atoms with Crippen LogP contribution in [0.3, 0.4) is 0 Å². The summed E-state index contributed by atoms with van der Waals surface area (Å²) in [6, 6.07) is 13.8. The second-order valence-electron chi connectivity index (χ2n) is 8.04. The van der Waals surface area contributed by atoms with Gasteiger partial charge in [0.1, 0.15) is 5.60 Å². The molecule has 0 saturated carbocycles. The molecule has 2 saturated heterocycles. The van der Waals surface area contributed by atoms with Crippen molar-refractivity contribution in [3.63, 3.8) is 0 Å². The third kappa shape index (κ3) is 3.96. The number of rotatable bonds is 6. The molecule has 0 aliphatic carbocycles. The summed E-state index contributed by atoms with van der Waals surface area (Å²) in [5, 5.41) is 0. The minimum absolute atomic E-state index is 0.102. The van der Waals surface area contributed by atoms with E-state index in [9.17, 15) is 4.79 Å². The molecular formula is C23H28N2O3. The molecule has 1 atom stereocenters. The molecular weight excluding hydrogens is 352 g/mol. The Morgan fingerprint density at radius 2 is 2.07 bits per heavy atom. The van der Waals surface area contributed by atoms with E-state index < -0.39 is 0 Å². The van der Waals surface area contributed by atoms with Gasteiger partial charge in [0.05, 0.1) is 25.4 Å². The highest BCUT2D eigenvalue weighted by molar-refractivity contribution is 5.95. The second-order valence-corrected chi connectivity index (χ2v) is 8.04. The van der Waals surface area contributed by atoms with Gasteiger partial charge in [-0.2, -0.15) is 0 Å². The van der Waals surface area contributed by atoms with Crippen molar-refractivity contribution >= 4 is 5.91 Å². The van der Waals surface area contributed by atoms with Crippen LogP contribution in [0.5, 0.6) is 0 Å². The predicted octanol–water partition coefficient (Wildman–Crippen LogP) is 3.54. The van der Waals surface area contributed by atoms with Crippen LogP contribution in [-0.4, -0.2) is 47.7 Å². The highest BCUT2D eigenvalue weighted by atomic mass is 16.5. The van der Waals surface area contributed by atoms with E-state index in [-0.39, 0.29) is 11.5 Å². The fourth-order valence-corrected chi connectivity index (χ4v) is 4.33. The standard InChI is InChI=1S/C23H28N2O3/c1-17-5-3-7-19(13-17)22(26)25-15-23(16-25)20(10-12-28-23)9-11-27-14-21-8-4-6-18(2)24-21/h3-8,13,20H,9-12,14-16H2,1-2H3. The predicted molar refractivity (Wildman–Crippen MR) is 107 cm³/mol. The largest absolute Gasteiger partial charge is 0.375 e. The van der Waals surface area contributed by atoms with Crippen molar-refractivity contribution in [3.05, 3.63) is 65.0 Å². The number of hydrogen-bond acceptors (Lipinski definition) is 4. The zero-order valence-corrected chi connectivity index (χ0v) is 16.7. The first-order valence-corrected chi connectivity index (χ1v) is 10.1. The summed E-state index contributed by atoms with van der Waals surface area (Å²) in [7, 11) is 0. The van der Waals surface area contributed by atoms with Crippen molar-refractivity contribution < 1.29 is 14.3 Å². The first-order chi connectivity index (χ1) is 13.6. The van der Waals surface area contributed by atoms with Crippen LogP contribution < -0.4 is 0 Å². The van der Waals surface area contributed by atoms with Gasteiger partial charge in [0.25, 0.3) is 5.91 Å². The molecule has 2 aliphatic rings. The summed E-state index contributed by atoms with van der Waals surface area (Å²) in [5.74, 6) is 0.546. The average Bonchev–Trinajstić information content (AvgIpc) is 3.07. The Hall–Kier alpha value is -2.24. The third-order valence-corrected chi connectivity index (χ3v) is 5.88. The number of nitrogens with zero attached hydrogens (tertiary/aromatic N) is 2. The van der Waals surface area contributed by atoms with Gasteiger partial charge in [-0.1, -0.05) is 23.8 Å². The van der Waals surface area contributed by atoms with Gasteiger partial charge in [-0.3, -0.25) is 9.78 Å². The highest BCUT2D eigenvalue weighted by Crippen LogP contribution is 2.42. The van der Waals surface area contributed by atoms with Crippen molar-refractivity contribution in [2.75, 3.05) is 26.3 Å². The fourth-order valence-electron chi connectivity index (χ4n) is 4.33. The lowest BCUT2D eigenvalue weighted by Crippen LogP contribution is -2.66. The van der Waals surface area contributed by atoms with Crippen LogP contribution in [0.15, 0.2) is 42.5 Å². The number of amides is 1. The van der Waals surface area contributed by atoms with E-state index in [2.05, 4.69) is 4.98 Å². The minimum atomic E-state index is -0.176. The van der Waals surface area contributed by atoms with Crippen LogP contribution >= 0.6 is 0 Å². The Labute approximate surface area is 166 Å². The zero-order valence-electron chi connectivity index (χ0n) is 16.7. The number of ether oxygens (including phenoxy) is 2. The van der Waals surface area contributed by atoms with E-state index in [1.54, 1.807) is 0 Å². The smallest absolute Gasteiger partial charge is 0.254 e. The van der Waals surface area contributed by atoms with E-state index in [1.165, 1.54) is 0 Å². The van der Waals surface area contributed by atoms with Gasteiger partial charge in [-0.05, 0) is 56.9 Å². The summed E-state index contributed by atoms with van der Waals surface area (Å²) in [5.41, 5.74) is 3.67. The van der Waals surface area contributed by atoms with Gasteiger partial charge in [-0.25, -0.2) is 0 Å². The normalized spacial score (nSPS) is 20.4. The molecule has 28 heavy (non-hydrogen) atoms. The van der Waals surface area contributed by atoms with Crippen LogP contribution in [0.4, 0.5) is 0 Å². The van der Waals surface area contributed by atoms with E-state index in [4.69, 9.17) is 9.47 Å². The molecule has 4 rings (SSSR count). The number of pyridine rings is 1. The van der Waals surface area contributed by atoms with Crippen LogP contribution in [0.2, 0.25) is 0 Å². The molecule has 1 aromatic heterocycles. The maximum Gasteiger partial charge on any atom is 0.254 e. The van der Waals surface area contributed by atoms with Gasteiger partial charge >= 0.3 is 0 Å². The summed E-state index contributed by atoms with van der Waals surface area (Å²) in [4.78, 5) is 19.1. The molecule has 0 bridgehead atoms. The van der Waals surface area contributed by atoms with Crippen molar-refractivity contribution in [2.24, 2.45) is 5.92 Å².